The summed E-state index contributed by atoms with van der Waals surface area (Å²) in [4.78, 5) is 149. The average Bonchev–Trinajstić information content (AvgIpc) is 1.62. The van der Waals surface area contributed by atoms with Crippen molar-refractivity contribution in [1.82, 2.24) is 60.6 Å². The van der Waals surface area contributed by atoms with Crippen molar-refractivity contribution in [1.29, 1.82) is 0 Å². The Hall–Kier alpha value is -8.96. The molecule has 3 N–H and O–H groups in total. The molecule has 6 aliphatic heterocycles. The monoisotopic (exact) mass is 2000 g/mol. The third-order valence-electron chi connectivity index (χ3n) is 27.4. The van der Waals surface area contributed by atoms with Crippen LogP contribution in [-0.4, -0.2) is 231 Å². The van der Waals surface area contributed by atoms with Gasteiger partial charge in [-0.2, -0.15) is 0 Å². The van der Waals surface area contributed by atoms with Gasteiger partial charge in [-0.3, -0.25) is 14.4 Å². The van der Waals surface area contributed by atoms with Gasteiger partial charge in [0.1, 0.15) is 107 Å². The van der Waals surface area contributed by atoms with Crippen LogP contribution < -0.4 is 44.4 Å². The number of amides is 6. The first-order valence-corrected chi connectivity index (χ1v) is 46.1. The minimum Gasteiger partial charge on any atom is -0.540 e. The first kappa shape index (κ1) is 108. The summed E-state index contributed by atoms with van der Waals surface area (Å²) in [7, 11) is 4.50. The molecule has 3 aliphatic carbocycles. The number of methoxy groups -OCH3 is 3. The van der Waals surface area contributed by atoms with E-state index in [1.54, 1.807) is 61.5 Å². The molecule has 135 heavy (non-hydrogen) atoms. The van der Waals surface area contributed by atoms with Crippen molar-refractivity contribution < 1.29 is 168 Å². The Bertz CT molecular complexity index is 5200. The Kier molecular flexibility index (Phi) is 36.3. The van der Waals surface area contributed by atoms with Crippen LogP contribution in [0.5, 0.6) is 34.9 Å². The Morgan fingerprint density at radius 1 is 0.407 bits per heavy atom. The minimum absolute atomic E-state index is 0. The van der Waals surface area contributed by atoms with Crippen LogP contribution >= 0.6 is 0 Å². The number of benzene rings is 3. The Labute approximate surface area is 819 Å². The van der Waals surface area contributed by atoms with Crippen molar-refractivity contribution in [3.63, 3.8) is 0 Å². The molecule has 3 saturated carbocycles. The van der Waals surface area contributed by atoms with Gasteiger partial charge < -0.3 is 87.7 Å². The van der Waals surface area contributed by atoms with Gasteiger partial charge in [0, 0.05) is 79.8 Å². The molecule has 6 bridgehead atoms. The molecule has 0 spiro atoms. The Morgan fingerprint density at radius 2 is 0.719 bits per heavy atom. The normalized spacial score (nSPS) is 31.5. The molecule has 9 aliphatic rings. The van der Waals surface area contributed by atoms with Gasteiger partial charge in [0.15, 0.2) is 18.5 Å². The summed E-state index contributed by atoms with van der Waals surface area (Å²) in [5, 5.41) is 8.24. The first-order chi connectivity index (χ1) is 62.7. The van der Waals surface area contributed by atoms with Crippen LogP contribution in [0.4, 0.5) is 40.7 Å². The van der Waals surface area contributed by atoms with Crippen LogP contribution in [0, 0.1) is 51.8 Å². The molecule has 30 nitrogen and oxygen atoms in total. The Balaban J connectivity index is 0.000000207. The van der Waals surface area contributed by atoms with Crippen LogP contribution in [0.15, 0.2) is 54.6 Å². The molecule has 24 atom stereocenters. The van der Waals surface area contributed by atoms with Crippen molar-refractivity contribution in [3.8, 4) is 34.9 Å². The van der Waals surface area contributed by atoms with Gasteiger partial charge in [-0.05, 0) is 160 Å². The van der Waals surface area contributed by atoms with Crippen molar-refractivity contribution in [2.45, 2.75) is 309 Å². The molecule has 3 radical (unpaired) electrons. The van der Waals surface area contributed by atoms with E-state index in [9.17, 15) is 43.2 Å². The van der Waals surface area contributed by atoms with E-state index >= 15 is 26.3 Å². The summed E-state index contributed by atoms with van der Waals surface area (Å²) >= 11 is 0. The predicted molar refractivity (Wildman–Crippen MR) is 472 cm³/mol. The maximum atomic E-state index is 16.0. The van der Waals surface area contributed by atoms with Crippen molar-refractivity contribution in [2.24, 2.45) is 51.8 Å². The van der Waals surface area contributed by atoms with Gasteiger partial charge in [-0.25, -0.2) is 89.5 Å². The predicted octanol–water partition coefficient (Wildman–Crippen LogP) is 15.5. The van der Waals surface area contributed by atoms with E-state index in [2.05, 4.69) is 45.9 Å². The number of rotatable bonds is 9. The number of hydrogen-bond donors (Lipinski definition) is 3. The molecule has 15 rings (SSSR count). The van der Waals surface area contributed by atoms with Crippen molar-refractivity contribution in [3.05, 3.63) is 71.7 Å². The number of fused-ring (bicyclic) bond motifs is 15. The molecular weight excluding hydrogens is 1880 g/mol. The second-order valence-electron chi connectivity index (χ2n) is 39.7. The molecule has 6 fully saturated rings. The quantitative estimate of drug-likeness (QED) is 0.0687. The molecular formula is C96H123F6N12O18V3-3. The number of aromatic nitrogens is 6. The van der Waals surface area contributed by atoms with Gasteiger partial charge in [0.2, 0.25) is 35.4 Å². The second kappa shape index (κ2) is 45.3. The zero-order valence-corrected chi connectivity index (χ0v) is 83.3. The summed E-state index contributed by atoms with van der Waals surface area (Å²) in [5.41, 5.74) is -1.66. The second-order valence-corrected chi connectivity index (χ2v) is 39.7. The topological polar surface area (TPSA) is 360 Å². The molecule has 6 aromatic rings. The van der Waals surface area contributed by atoms with Crippen LogP contribution in [0.2, 0.25) is 0 Å². The van der Waals surface area contributed by atoms with E-state index in [4.69, 9.17) is 42.6 Å². The SMILES string of the molecule is CC[C@@H]1[C@@H]2CN(C(=O)[C@H](C(C)(C)C)NC(=O)O[C@@H]3CCC[C@H]3CCCC(F)C(F)c3nc4ccc(OC)cc4nc3O2)[C@@H]1[C-]=O.CC[C@@H]1[C@@H]2CN(C(=O)[C@H](C(C)(C)C)NC(=O)O[C@@H]3C[C@H]3CCCC(F)C(F)c3nc4ccc(OC)cc4nc3O2)[C@@H]1[C-]=O.CC[C@@H]1[C@@H]2CN(C(=O)[C@H](C(C)(C)C)NC(=O)O[C@]3(C)C[C@H]3CCCC(F)C(F)c3nc4ccc(OC)cc4nc3O2)[C@@H]1[C-]=O.[V].[V].[V]. The van der Waals surface area contributed by atoms with Crippen molar-refractivity contribution >= 4 is 88.0 Å². The average molecular weight is 2000 g/mol. The maximum absolute atomic E-state index is 16.0. The number of carbonyl (C=O) groups excluding carboxylic acids is 9. The number of carbonyl (C=O) groups is 6. The van der Waals surface area contributed by atoms with Gasteiger partial charge in [0.05, 0.1) is 74.1 Å². The van der Waals surface area contributed by atoms with E-state index in [1.165, 1.54) is 36.0 Å². The third-order valence-corrected chi connectivity index (χ3v) is 27.4. The summed E-state index contributed by atoms with van der Waals surface area (Å²) in [5.74, 6) is -2.14. The summed E-state index contributed by atoms with van der Waals surface area (Å²) in [6.45, 7) is 23.5. The zero-order valence-electron chi connectivity index (χ0n) is 79.1. The van der Waals surface area contributed by atoms with E-state index in [-0.39, 0.29) is 159 Å². The smallest absolute Gasteiger partial charge is 0.408 e. The standard InChI is InChI=1S/C33H43F2N4O6.C32H41F2N4O6.C31H39F2N4O6.3V/c1-6-20-24(17-40)39-16-26(20)44-30-28(36-22-14-13-19(43-5)15-23(22)37-30)27(35)21(34)11-7-9-18-10-8-12-25(18)45-32(42)38-29(31(39)41)33(2,3)4;1-7-19-23(16-39)38-15-24(19)43-28-26(35-21-12-11-18(42-6)13-22(21)36-28)25(34)20(33)10-8-9-17-14-32(17,5)44-30(41)37-27(29(38)40)31(2,3)4;1-6-18-22(15-38)37-14-24(18)42-28-26(34-20-11-10-17(41-5)13-21(20)35-28)25(33)19(32)9-7-8-16-12-23(16)43-30(40)36-27(29(37)39)31(2,3)4;;;/h13-15,18,20-21,24-27,29H,6-12,16H2,1-5H3,(H,38,42);11-13,17,19-20,23-25,27H,7-10,14-15H2,1-6H3,(H,37,41);10-11,13,16,18-19,22-25,27H,6-9,12,14H2,1-5H3,(H,36,40);;;/q3*-1;;;/t18-,20+,21?,24-,25-,26+,27?,29-;17-,19+,20?,23-,24+,25?,27-,32-;16-,18+,19?,22-,23-,24+,25?,27-;;;/m111.../s1. The molecule has 39 heteroatoms. The first-order valence-electron chi connectivity index (χ1n) is 46.1. The van der Waals surface area contributed by atoms with Gasteiger partial charge in [0.25, 0.3) is 0 Å². The van der Waals surface area contributed by atoms with Crippen LogP contribution in [0.1, 0.15) is 235 Å². The van der Waals surface area contributed by atoms with Gasteiger partial charge in [-0.15, -0.1) is 0 Å². The van der Waals surface area contributed by atoms with Gasteiger partial charge >= 0.3 is 18.3 Å². The number of alkyl halides is 6. The summed E-state index contributed by atoms with van der Waals surface area (Å²) in [6.07, 6.45) is -4.05. The van der Waals surface area contributed by atoms with Crippen LogP contribution in [-0.2, 0) is 98.6 Å². The van der Waals surface area contributed by atoms with E-state index < -0.39 is 167 Å². The van der Waals surface area contributed by atoms with Crippen molar-refractivity contribution in [2.75, 3.05) is 41.0 Å². The molecule has 3 aromatic carbocycles. The van der Waals surface area contributed by atoms with Crippen LogP contribution in [0.3, 0.4) is 0 Å². The van der Waals surface area contributed by atoms with E-state index in [0.717, 1.165) is 12.8 Å². The molecule has 3 aromatic heterocycles. The number of nitrogens with one attached hydrogen (secondary N) is 3. The molecule has 6 amide bonds. The fourth-order valence-electron chi connectivity index (χ4n) is 19.5. The van der Waals surface area contributed by atoms with Crippen LogP contribution in [0.25, 0.3) is 33.1 Å². The maximum Gasteiger partial charge on any atom is 0.408 e. The Morgan fingerprint density at radius 3 is 1.04 bits per heavy atom. The number of halogens is 6. The summed E-state index contributed by atoms with van der Waals surface area (Å²) in [6, 6.07) is 8.65. The molecule has 6 unspecified atom stereocenters. The van der Waals surface area contributed by atoms with E-state index in [0.29, 0.717) is 127 Å². The molecule has 9 heterocycles. The largest absolute Gasteiger partial charge is 0.540 e. The molecule has 3 saturated heterocycles. The summed E-state index contributed by atoms with van der Waals surface area (Å²) < 4.78 is 146. The third kappa shape index (κ3) is 24.5. The number of hydrogen-bond acceptors (Lipinski definition) is 24. The number of alkyl carbamates (subject to hydrolysis) is 3. The van der Waals surface area contributed by atoms with Gasteiger partial charge in [-0.1, -0.05) is 140 Å². The number of nitrogens with zero attached hydrogens (tertiary/aromatic N) is 9. The fraction of sp³-hybridized carbons (Fsp3) is 0.656. The zero-order chi connectivity index (χ0) is 95.5. The number of ether oxygens (including phenoxy) is 9. The fourth-order valence-corrected chi connectivity index (χ4v) is 19.5. The van der Waals surface area contributed by atoms with E-state index in [1.807, 2.05) is 102 Å². The molecule has 735 valence electrons. The minimum atomic E-state index is -2.13.